The van der Waals surface area contributed by atoms with Crippen LogP contribution < -0.4 is 5.32 Å². The molecular weight excluding hydrogens is 176 g/mol. The lowest BCUT2D eigenvalue weighted by molar-refractivity contribution is -0.105. The third kappa shape index (κ3) is 2.13. The summed E-state index contributed by atoms with van der Waals surface area (Å²) in [6.45, 7) is 0. The lowest BCUT2D eigenvalue weighted by atomic mass is 10.4. The fourth-order valence-corrected chi connectivity index (χ4v) is 1.23. The molecule has 1 unspecified atom stereocenters. The number of amides is 1. The molecule has 0 spiro atoms. The molecule has 0 bridgehead atoms. The average Bonchev–Trinajstić information content (AvgIpc) is 2.05. The highest BCUT2D eigenvalue weighted by Gasteiger charge is 1.98. The number of aromatic nitrogens is 1. The van der Waals surface area contributed by atoms with Crippen molar-refractivity contribution in [2.75, 3.05) is 11.6 Å². The molecule has 64 valence electrons. The first kappa shape index (κ1) is 8.86. The van der Waals surface area contributed by atoms with Gasteiger partial charge in [0.05, 0.1) is 10.8 Å². The van der Waals surface area contributed by atoms with E-state index in [4.69, 9.17) is 0 Å². The summed E-state index contributed by atoms with van der Waals surface area (Å²) in [6, 6.07) is 3.20. The molecular formula is C7H8N2O2S. The van der Waals surface area contributed by atoms with E-state index in [9.17, 15) is 9.00 Å². The lowest BCUT2D eigenvalue weighted by Crippen LogP contribution is -1.97. The summed E-state index contributed by atoms with van der Waals surface area (Å²) in [6.07, 6.45) is 3.60. The Bertz CT molecular complexity index is 314. The molecule has 0 saturated heterocycles. The van der Waals surface area contributed by atoms with Crippen molar-refractivity contribution in [3.8, 4) is 0 Å². The van der Waals surface area contributed by atoms with Crippen molar-refractivity contribution >= 4 is 22.9 Å². The second kappa shape index (κ2) is 3.96. The second-order valence-corrected chi connectivity index (χ2v) is 3.43. The molecule has 5 heteroatoms. The van der Waals surface area contributed by atoms with Crippen molar-refractivity contribution < 1.29 is 9.00 Å². The maximum Gasteiger partial charge on any atom is 0.211 e. The van der Waals surface area contributed by atoms with E-state index in [1.807, 2.05) is 0 Å². The van der Waals surface area contributed by atoms with Crippen LogP contribution in [-0.4, -0.2) is 21.9 Å². The topological polar surface area (TPSA) is 59.1 Å². The van der Waals surface area contributed by atoms with Crippen LogP contribution in [0.5, 0.6) is 0 Å². The number of pyridine rings is 1. The maximum absolute atomic E-state index is 10.9. The SMILES string of the molecule is CS(=O)c1cc(NC=O)ccn1. The summed E-state index contributed by atoms with van der Waals surface area (Å²) in [4.78, 5) is 13.9. The maximum atomic E-state index is 10.9. The van der Waals surface area contributed by atoms with Crippen molar-refractivity contribution in [1.82, 2.24) is 4.98 Å². The third-order valence-electron chi connectivity index (χ3n) is 1.25. The van der Waals surface area contributed by atoms with Gasteiger partial charge in [0, 0.05) is 18.1 Å². The highest BCUT2D eigenvalue weighted by molar-refractivity contribution is 7.84. The molecule has 12 heavy (non-hydrogen) atoms. The van der Waals surface area contributed by atoms with Crippen LogP contribution in [0.15, 0.2) is 23.4 Å². The first-order chi connectivity index (χ1) is 5.74. The van der Waals surface area contributed by atoms with Crippen LogP contribution in [0.1, 0.15) is 0 Å². The highest BCUT2D eigenvalue weighted by Crippen LogP contribution is 2.08. The van der Waals surface area contributed by atoms with Crippen LogP contribution in [0, 0.1) is 0 Å². The zero-order valence-electron chi connectivity index (χ0n) is 6.48. The first-order valence-corrected chi connectivity index (χ1v) is 4.79. The molecule has 0 radical (unpaired) electrons. The molecule has 1 amide bonds. The van der Waals surface area contributed by atoms with E-state index >= 15 is 0 Å². The Kier molecular flexibility index (Phi) is 2.93. The number of rotatable bonds is 3. The largest absolute Gasteiger partial charge is 0.329 e. The van der Waals surface area contributed by atoms with E-state index in [2.05, 4.69) is 10.3 Å². The minimum atomic E-state index is -1.11. The molecule has 1 rings (SSSR count). The molecule has 0 aliphatic heterocycles. The zero-order chi connectivity index (χ0) is 8.97. The van der Waals surface area contributed by atoms with Gasteiger partial charge in [-0.25, -0.2) is 4.98 Å². The highest BCUT2D eigenvalue weighted by atomic mass is 32.2. The summed E-state index contributed by atoms with van der Waals surface area (Å²) in [5, 5.41) is 2.91. The van der Waals surface area contributed by atoms with Crippen molar-refractivity contribution in [2.24, 2.45) is 0 Å². The Labute approximate surface area is 72.5 Å². The van der Waals surface area contributed by atoms with E-state index < -0.39 is 10.8 Å². The Morgan fingerprint density at radius 2 is 2.42 bits per heavy atom. The quantitative estimate of drug-likeness (QED) is 0.691. The van der Waals surface area contributed by atoms with Crippen molar-refractivity contribution in [3.63, 3.8) is 0 Å². The van der Waals surface area contributed by atoms with Gasteiger partial charge in [-0.05, 0) is 12.1 Å². The van der Waals surface area contributed by atoms with Crippen LogP contribution in [0.25, 0.3) is 0 Å². The summed E-state index contributed by atoms with van der Waals surface area (Å²) in [7, 11) is -1.11. The first-order valence-electron chi connectivity index (χ1n) is 3.23. The summed E-state index contributed by atoms with van der Waals surface area (Å²) in [5.74, 6) is 0. The number of hydrogen-bond donors (Lipinski definition) is 1. The summed E-state index contributed by atoms with van der Waals surface area (Å²) in [5.41, 5.74) is 0.602. The van der Waals surface area contributed by atoms with Gasteiger partial charge in [0.15, 0.2) is 0 Å². The molecule has 0 aliphatic carbocycles. The number of carbonyl (C=O) groups excluding carboxylic acids is 1. The molecule has 0 fully saturated rings. The number of hydrogen-bond acceptors (Lipinski definition) is 3. The normalized spacial score (nSPS) is 12.1. The number of carbonyl (C=O) groups is 1. The number of nitrogens with zero attached hydrogens (tertiary/aromatic N) is 1. The number of anilines is 1. The third-order valence-corrected chi connectivity index (χ3v) is 2.07. The van der Waals surface area contributed by atoms with Gasteiger partial charge >= 0.3 is 0 Å². The van der Waals surface area contributed by atoms with Gasteiger partial charge in [0.1, 0.15) is 5.03 Å². The van der Waals surface area contributed by atoms with E-state index in [0.29, 0.717) is 17.1 Å². The Morgan fingerprint density at radius 3 is 3.00 bits per heavy atom. The van der Waals surface area contributed by atoms with Gasteiger partial charge in [-0.3, -0.25) is 9.00 Å². The minimum absolute atomic E-state index is 0.460. The van der Waals surface area contributed by atoms with E-state index in [1.165, 1.54) is 12.5 Å². The fraction of sp³-hybridized carbons (Fsp3) is 0.143. The predicted octanol–water partition coefficient (Wildman–Crippen LogP) is 0.387. The standard InChI is InChI=1S/C7H8N2O2S/c1-12(11)7-4-6(9-5-10)2-3-8-7/h2-5H,1H3,(H,8,9,10). The van der Waals surface area contributed by atoms with E-state index in [-0.39, 0.29) is 0 Å². The van der Waals surface area contributed by atoms with Crippen molar-refractivity contribution in [3.05, 3.63) is 18.3 Å². The number of nitrogens with one attached hydrogen (secondary N) is 1. The minimum Gasteiger partial charge on any atom is -0.329 e. The molecule has 1 atom stereocenters. The molecule has 1 aromatic rings. The predicted molar refractivity (Wildman–Crippen MR) is 46.3 cm³/mol. The monoisotopic (exact) mass is 184 g/mol. The van der Waals surface area contributed by atoms with Crippen LogP contribution >= 0.6 is 0 Å². The van der Waals surface area contributed by atoms with E-state index in [0.717, 1.165) is 0 Å². The van der Waals surface area contributed by atoms with Gasteiger partial charge < -0.3 is 5.32 Å². The molecule has 0 aliphatic rings. The zero-order valence-corrected chi connectivity index (χ0v) is 7.30. The summed E-state index contributed by atoms with van der Waals surface area (Å²) >= 11 is 0. The van der Waals surface area contributed by atoms with Crippen LogP contribution in [0.2, 0.25) is 0 Å². The van der Waals surface area contributed by atoms with Crippen molar-refractivity contribution in [1.29, 1.82) is 0 Å². The van der Waals surface area contributed by atoms with Crippen molar-refractivity contribution in [2.45, 2.75) is 5.03 Å². The van der Waals surface area contributed by atoms with E-state index in [1.54, 1.807) is 12.1 Å². The second-order valence-electron chi connectivity index (χ2n) is 2.10. The smallest absolute Gasteiger partial charge is 0.211 e. The fourth-order valence-electron chi connectivity index (χ4n) is 0.724. The average molecular weight is 184 g/mol. The van der Waals surface area contributed by atoms with Crippen LogP contribution in [0.3, 0.4) is 0 Å². The molecule has 0 saturated carbocycles. The molecule has 1 heterocycles. The Morgan fingerprint density at radius 1 is 1.67 bits per heavy atom. The van der Waals surface area contributed by atoms with Gasteiger partial charge in [-0.2, -0.15) is 0 Å². The van der Waals surface area contributed by atoms with Gasteiger partial charge in [-0.15, -0.1) is 0 Å². The van der Waals surface area contributed by atoms with Gasteiger partial charge in [0.2, 0.25) is 6.41 Å². The van der Waals surface area contributed by atoms with Crippen LogP contribution in [-0.2, 0) is 15.6 Å². The molecule has 1 N–H and O–H groups in total. The Balaban J connectivity index is 2.95. The lowest BCUT2D eigenvalue weighted by Gasteiger charge is -1.99. The van der Waals surface area contributed by atoms with Crippen LogP contribution in [0.4, 0.5) is 5.69 Å². The summed E-state index contributed by atoms with van der Waals surface area (Å²) < 4.78 is 10.9. The molecule has 0 aromatic carbocycles. The van der Waals surface area contributed by atoms with Gasteiger partial charge in [-0.1, -0.05) is 0 Å². The van der Waals surface area contributed by atoms with Gasteiger partial charge in [0.25, 0.3) is 0 Å². The molecule has 4 nitrogen and oxygen atoms in total. The Hall–Kier alpha value is -1.23. The molecule has 1 aromatic heterocycles.